The van der Waals surface area contributed by atoms with Gasteiger partial charge in [0.15, 0.2) is 0 Å². The Morgan fingerprint density at radius 1 is 1.11 bits per heavy atom. The molecule has 1 amide bonds. The summed E-state index contributed by atoms with van der Waals surface area (Å²) in [7, 11) is -3.32. The van der Waals surface area contributed by atoms with Crippen LogP contribution in [0, 0.1) is 0 Å². The van der Waals surface area contributed by atoms with Gasteiger partial charge in [0.2, 0.25) is 15.9 Å². The van der Waals surface area contributed by atoms with Crippen LogP contribution in [0.3, 0.4) is 0 Å². The van der Waals surface area contributed by atoms with Gasteiger partial charge in [-0.25, -0.2) is 8.42 Å². The molecule has 1 atom stereocenters. The summed E-state index contributed by atoms with van der Waals surface area (Å²) >= 11 is 0. The molecule has 0 saturated carbocycles. The molecule has 0 radical (unpaired) electrons. The Morgan fingerprint density at radius 3 is 2.48 bits per heavy atom. The van der Waals surface area contributed by atoms with Crippen molar-refractivity contribution in [3.05, 3.63) is 35.9 Å². The average molecular weight is 396 g/mol. The zero-order chi connectivity index (χ0) is 19.3. The highest BCUT2D eigenvalue weighted by Crippen LogP contribution is 2.14. The third-order valence-electron chi connectivity index (χ3n) is 5.22. The van der Waals surface area contributed by atoms with E-state index in [0.29, 0.717) is 52.4 Å². The Kier molecular flexibility index (Phi) is 6.86. The predicted octanol–water partition coefficient (Wildman–Crippen LogP) is 0.771. The van der Waals surface area contributed by atoms with E-state index >= 15 is 0 Å². The number of carbonyl (C=O) groups excluding carboxylic acids is 1. The topological polar surface area (TPSA) is 70.2 Å². The normalized spacial score (nSPS) is 22.7. The van der Waals surface area contributed by atoms with Gasteiger partial charge in [0.1, 0.15) is 0 Å². The van der Waals surface area contributed by atoms with Gasteiger partial charge in [-0.05, 0) is 12.0 Å². The standard InChI is InChI=1S/C19H29N3O4S/c1-2-18-14-21(12-13-26-18)19(23)15-20-8-10-22(11-9-20)27(24,25)16-17-6-4-3-5-7-17/h3-7,18H,2,8-16H2,1H3. The lowest BCUT2D eigenvalue weighted by Crippen LogP contribution is -2.53. The van der Waals surface area contributed by atoms with E-state index in [1.54, 1.807) is 4.31 Å². The fourth-order valence-corrected chi connectivity index (χ4v) is 5.04. The monoisotopic (exact) mass is 395 g/mol. The zero-order valence-corrected chi connectivity index (χ0v) is 16.7. The summed E-state index contributed by atoms with van der Waals surface area (Å²) in [6.45, 7) is 6.34. The molecule has 0 aliphatic carbocycles. The van der Waals surface area contributed by atoms with Gasteiger partial charge in [-0.15, -0.1) is 0 Å². The van der Waals surface area contributed by atoms with Crippen molar-refractivity contribution in [2.75, 3.05) is 52.4 Å². The summed E-state index contributed by atoms with van der Waals surface area (Å²) in [5, 5.41) is 0. The van der Waals surface area contributed by atoms with Gasteiger partial charge in [0.05, 0.1) is 25.0 Å². The lowest BCUT2D eigenvalue weighted by atomic mass is 10.2. The Hall–Kier alpha value is -1.48. The molecule has 1 unspecified atom stereocenters. The number of rotatable bonds is 6. The average Bonchev–Trinajstić information content (AvgIpc) is 2.69. The second-order valence-electron chi connectivity index (χ2n) is 7.16. The second-order valence-corrected chi connectivity index (χ2v) is 9.13. The number of piperazine rings is 1. The van der Waals surface area contributed by atoms with Crippen LogP contribution in [0.5, 0.6) is 0 Å². The number of hydrogen-bond donors (Lipinski definition) is 0. The van der Waals surface area contributed by atoms with Gasteiger partial charge in [-0.3, -0.25) is 9.69 Å². The van der Waals surface area contributed by atoms with Crippen molar-refractivity contribution < 1.29 is 17.9 Å². The highest BCUT2D eigenvalue weighted by Gasteiger charge is 2.29. The van der Waals surface area contributed by atoms with Crippen molar-refractivity contribution in [2.24, 2.45) is 0 Å². The Morgan fingerprint density at radius 2 is 1.81 bits per heavy atom. The van der Waals surface area contributed by atoms with E-state index < -0.39 is 10.0 Å². The van der Waals surface area contributed by atoms with Gasteiger partial charge < -0.3 is 9.64 Å². The van der Waals surface area contributed by atoms with Crippen LogP contribution in [0.15, 0.2) is 30.3 Å². The molecule has 2 aliphatic rings. The van der Waals surface area contributed by atoms with Gasteiger partial charge in [0, 0.05) is 39.3 Å². The first kappa shape index (κ1) is 20.3. The maximum Gasteiger partial charge on any atom is 0.236 e. The zero-order valence-electron chi connectivity index (χ0n) is 15.9. The quantitative estimate of drug-likeness (QED) is 0.712. The van der Waals surface area contributed by atoms with Crippen LogP contribution in [0.4, 0.5) is 0 Å². The van der Waals surface area contributed by atoms with Crippen LogP contribution in [-0.2, 0) is 25.3 Å². The largest absolute Gasteiger partial charge is 0.375 e. The second kappa shape index (κ2) is 9.14. The van der Waals surface area contributed by atoms with E-state index in [0.717, 1.165) is 12.0 Å². The van der Waals surface area contributed by atoms with Crippen molar-refractivity contribution in [3.63, 3.8) is 0 Å². The summed E-state index contributed by atoms with van der Waals surface area (Å²) in [4.78, 5) is 16.5. The fourth-order valence-electron chi connectivity index (χ4n) is 3.53. The van der Waals surface area contributed by atoms with Gasteiger partial charge in [-0.1, -0.05) is 37.3 Å². The molecule has 7 nitrogen and oxygen atoms in total. The van der Waals surface area contributed by atoms with Crippen LogP contribution in [0.25, 0.3) is 0 Å². The van der Waals surface area contributed by atoms with Crippen molar-refractivity contribution >= 4 is 15.9 Å². The molecule has 3 rings (SSSR count). The first-order valence-corrected chi connectivity index (χ1v) is 11.2. The molecule has 0 aromatic heterocycles. The smallest absolute Gasteiger partial charge is 0.236 e. The molecule has 0 bridgehead atoms. The fraction of sp³-hybridized carbons (Fsp3) is 0.632. The van der Waals surface area contributed by atoms with Crippen LogP contribution >= 0.6 is 0 Å². The first-order chi connectivity index (χ1) is 13.0. The molecule has 1 aromatic rings. The molecule has 150 valence electrons. The number of benzene rings is 1. The molecule has 0 N–H and O–H groups in total. The lowest BCUT2D eigenvalue weighted by Gasteiger charge is -2.36. The number of carbonyl (C=O) groups is 1. The van der Waals surface area contributed by atoms with Crippen LogP contribution < -0.4 is 0 Å². The minimum atomic E-state index is -3.32. The van der Waals surface area contributed by atoms with Crippen LogP contribution in [0.1, 0.15) is 18.9 Å². The van der Waals surface area contributed by atoms with Gasteiger partial charge in [0.25, 0.3) is 0 Å². The Bertz CT molecular complexity index is 718. The first-order valence-electron chi connectivity index (χ1n) is 9.61. The molecule has 2 heterocycles. The van der Waals surface area contributed by atoms with Crippen molar-refractivity contribution in [3.8, 4) is 0 Å². The van der Waals surface area contributed by atoms with Crippen molar-refractivity contribution in [2.45, 2.75) is 25.2 Å². The molecule has 1 aromatic carbocycles. The highest BCUT2D eigenvalue weighted by atomic mass is 32.2. The summed E-state index contributed by atoms with van der Waals surface area (Å²) in [6.07, 6.45) is 1.03. The van der Waals surface area contributed by atoms with Crippen LogP contribution in [-0.4, -0.2) is 87.0 Å². The molecule has 2 fully saturated rings. The third-order valence-corrected chi connectivity index (χ3v) is 7.07. The molecule has 27 heavy (non-hydrogen) atoms. The van der Waals surface area contributed by atoms with E-state index in [1.165, 1.54) is 0 Å². The highest BCUT2D eigenvalue weighted by molar-refractivity contribution is 7.88. The van der Waals surface area contributed by atoms with Crippen LogP contribution in [0.2, 0.25) is 0 Å². The number of morpholine rings is 1. The minimum absolute atomic E-state index is 0.0267. The lowest BCUT2D eigenvalue weighted by molar-refractivity contribution is -0.140. The third kappa shape index (κ3) is 5.51. The number of amides is 1. The summed E-state index contributed by atoms with van der Waals surface area (Å²) in [5.74, 6) is 0.135. The maximum atomic E-state index is 12.6. The summed E-state index contributed by atoms with van der Waals surface area (Å²) in [6, 6.07) is 9.24. The SMILES string of the molecule is CCC1CN(C(=O)CN2CCN(S(=O)(=O)Cc3ccccc3)CC2)CCO1. The number of sulfonamides is 1. The van der Waals surface area contributed by atoms with Gasteiger partial charge >= 0.3 is 0 Å². The van der Waals surface area contributed by atoms with E-state index in [4.69, 9.17) is 4.74 Å². The van der Waals surface area contributed by atoms with E-state index in [9.17, 15) is 13.2 Å². The van der Waals surface area contributed by atoms with Crippen molar-refractivity contribution in [1.29, 1.82) is 0 Å². The van der Waals surface area contributed by atoms with Gasteiger partial charge in [-0.2, -0.15) is 4.31 Å². The molecular formula is C19H29N3O4S. The molecular weight excluding hydrogens is 366 g/mol. The minimum Gasteiger partial charge on any atom is -0.375 e. The number of ether oxygens (including phenoxy) is 1. The van der Waals surface area contributed by atoms with Crippen molar-refractivity contribution in [1.82, 2.24) is 14.1 Å². The Labute approximate surface area is 161 Å². The van der Waals surface area contributed by atoms with E-state index in [2.05, 4.69) is 6.92 Å². The predicted molar refractivity (Wildman–Crippen MR) is 104 cm³/mol. The molecule has 8 heteroatoms. The maximum absolute atomic E-state index is 12.6. The van der Waals surface area contributed by atoms with E-state index in [1.807, 2.05) is 40.1 Å². The van der Waals surface area contributed by atoms with E-state index in [-0.39, 0.29) is 17.8 Å². The number of hydrogen-bond acceptors (Lipinski definition) is 5. The molecule has 0 spiro atoms. The Balaban J connectivity index is 1.48. The summed E-state index contributed by atoms with van der Waals surface area (Å²) in [5.41, 5.74) is 0.799. The number of nitrogens with zero attached hydrogens (tertiary/aromatic N) is 3. The molecule has 2 aliphatic heterocycles. The summed E-state index contributed by atoms with van der Waals surface area (Å²) < 4.78 is 32.4. The molecule has 2 saturated heterocycles.